The van der Waals surface area contributed by atoms with E-state index in [4.69, 9.17) is 5.84 Å². The first-order valence-corrected chi connectivity index (χ1v) is 7.55. The molecule has 0 spiro atoms. The van der Waals surface area contributed by atoms with Crippen LogP contribution in [0.25, 0.3) is 0 Å². The van der Waals surface area contributed by atoms with E-state index in [1.807, 2.05) is 0 Å². The van der Waals surface area contributed by atoms with E-state index in [9.17, 15) is 0 Å². The maximum absolute atomic E-state index is 5.87. The molecule has 0 heterocycles. The fourth-order valence-electron chi connectivity index (χ4n) is 6.06. The van der Waals surface area contributed by atoms with Crippen molar-refractivity contribution in [1.82, 2.24) is 5.43 Å². The van der Waals surface area contributed by atoms with Gasteiger partial charge in [0.15, 0.2) is 0 Å². The molecule has 4 aliphatic carbocycles. The zero-order valence-corrected chi connectivity index (χ0v) is 11.5. The first kappa shape index (κ1) is 12.0. The number of hydrazine groups is 1. The molecule has 0 radical (unpaired) electrons. The first-order chi connectivity index (χ1) is 8.09. The second kappa shape index (κ2) is 3.96. The molecule has 3 N–H and O–H groups in total. The number of nitrogens with two attached hydrogens (primary N) is 1. The largest absolute Gasteiger partial charge is 0.271 e. The van der Waals surface area contributed by atoms with Crippen LogP contribution in [0.5, 0.6) is 0 Å². The van der Waals surface area contributed by atoms with Crippen molar-refractivity contribution in [2.24, 2.45) is 28.5 Å². The van der Waals surface area contributed by atoms with Gasteiger partial charge in [-0.05, 0) is 67.6 Å². The van der Waals surface area contributed by atoms with Crippen LogP contribution in [-0.2, 0) is 0 Å². The van der Waals surface area contributed by atoms with Gasteiger partial charge in [0, 0.05) is 6.04 Å². The summed E-state index contributed by atoms with van der Waals surface area (Å²) in [5, 5.41) is 0. The van der Waals surface area contributed by atoms with Crippen molar-refractivity contribution in [3.8, 4) is 0 Å². The smallest absolute Gasteiger partial charge is 0.0267 e. The molecule has 4 saturated carbocycles. The van der Waals surface area contributed by atoms with Crippen LogP contribution in [0.15, 0.2) is 0 Å². The van der Waals surface area contributed by atoms with Gasteiger partial charge in [-0.15, -0.1) is 0 Å². The molecule has 4 rings (SSSR count). The Morgan fingerprint density at radius 1 is 1.24 bits per heavy atom. The molecule has 4 aliphatic rings. The lowest BCUT2D eigenvalue weighted by Crippen LogP contribution is -2.59. The Labute approximate surface area is 106 Å². The highest BCUT2D eigenvalue weighted by Gasteiger charge is 2.57. The van der Waals surface area contributed by atoms with Crippen LogP contribution in [0.4, 0.5) is 0 Å². The second-order valence-corrected chi connectivity index (χ2v) is 7.64. The van der Waals surface area contributed by atoms with E-state index in [1.54, 1.807) is 0 Å². The van der Waals surface area contributed by atoms with Crippen LogP contribution in [0, 0.1) is 22.7 Å². The Morgan fingerprint density at radius 2 is 1.88 bits per heavy atom. The maximum atomic E-state index is 5.87. The van der Waals surface area contributed by atoms with E-state index in [0.717, 1.165) is 11.8 Å². The van der Waals surface area contributed by atoms with Gasteiger partial charge in [-0.2, -0.15) is 0 Å². The molecule has 4 fully saturated rings. The van der Waals surface area contributed by atoms with Gasteiger partial charge in [0.25, 0.3) is 0 Å². The Morgan fingerprint density at radius 3 is 2.35 bits per heavy atom. The molecule has 3 atom stereocenters. The Kier molecular flexibility index (Phi) is 2.79. The highest BCUT2D eigenvalue weighted by molar-refractivity contribution is 5.09. The molecule has 4 bridgehead atoms. The normalized spacial score (nSPS) is 49.6. The van der Waals surface area contributed by atoms with Crippen LogP contribution < -0.4 is 11.3 Å². The summed E-state index contributed by atoms with van der Waals surface area (Å²) in [6.45, 7) is 4.82. The van der Waals surface area contributed by atoms with Crippen LogP contribution in [0.2, 0.25) is 0 Å². The van der Waals surface area contributed by atoms with E-state index in [2.05, 4.69) is 19.3 Å². The monoisotopic (exact) mass is 236 g/mol. The minimum atomic E-state index is 0.545. The Hall–Kier alpha value is -0.0800. The molecule has 0 saturated heterocycles. The predicted molar refractivity (Wildman–Crippen MR) is 71.2 cm³/mol. The number of rotatable bonds is 4. The topological polar surface area (TPSA) is 38.0 Å². The van der Waals surface area contributed by atoms with Gasteiger partial charge in [-0.3, -0.25) is 11.3 Å². The van der Waals surface area contributed by atoms with E-state index < -0.39 is 0 Å². The minimum Gasteiger partial charge on any atom is -0.271 e. The molecule has 0 aromatic rings. The molecule has 0 aromatic carbocycles. The predicted octanol–water partition coefficient (Wildman–Crippen LogP) is 3.22. The van der Waals surface area contributed by atoms with Gasteiger partial charge in [0.2, 0.25) is 0 Å². The van der Waals surface area contributed by atoms with Crippen molar-refractivity contribution < 1.29 is 0 Å². The molecule has 0 amide bonds. The average molecular weight is 236 g/mol. The third kappa shape index (κ3) is 1.84. The van der Waals surface area contributed by atoms with Crippen molar-refractivity contribution in [1.29, 1.82) is 0 Å². The van der Waals surface area contributed by atoms with Crippen molar-refractivity contribution in [3.63, 3.8) is 0 Å². The zero-order chi connectivity index (χ0) is 12.1. The van der Waals surface area contributed by atoms with Gasteiger partial charge < -0.3 is 0 Å². The molecule has 17 heavy (non-hydrogen) atoms. The number of nitrogens with one attached hydrogen (secondary N) is 1. The molecule has 3 unspecified atom stereocenters. The molecule has 2 heteroatoms. The lowest BCUT2D eigenvalue weighted by Gasteiger charge is -2.63. The molecular formula is C15H28N2. The summed E-state index contributed by atoms with van der Waals surface area (Å²) in [6, 6.07) is 0.567. The first-order valence-electron chi connectivity index (χ1n) is 7.55. The third-order valence-corrected chi connectivity index (χ3v) is 5.92. The fourth-order valence-corrected chi connectivity index (χ4v) is 6.06. The van der Waals surface area contributed by atoms with Crippen molar-refractivity contribution in [3.05, 3.63) is 0 Å². The van der Waals surface area contributed by atoms with Crippen LogP contribution in [0.3, 0.4) is 0 Å². The van der Waals surface area contributed by atoms with Gasteiger partial charge in [0.05, 0.1) is 0 Å². The number of hydrogen-bond acceptors (Lipinski definition) is 2. The number of hydrogen-bond donors (Lipinski definition) is 2. The van der Waals surface area contributed by atoms with E-state index in [-0.39, 0.29) is 0 Å². The van der Waals surface area contributed by atoms with Gasteiger partial charge in [0.1, 0.15) is 0 Å². The van der Waals surface area contributed by atoms with Crippen LogP contribution in [-0.4, -0.2) is 6.04 Å². The summed E-state index contributed by atoms with van der Waals surface area (Å²) in [7, 11) is 0. The van der Waals surface area contributed by atoms with Crippen LogP contribution >= 0.6 is 0 Å². The van der Waals surface area contributed by atoms with Crippen molar-refractivity contribution in [2.45, 2.75) is 71.3 Å². The van der Waals surface area contributed by atoms with E-state index in [0.29, 0.717) is 16.9 Å². The summed E-state index contributed by atoms with van der Waals surface area (Å²) in [4.78, 5) is 0. The maximum Gasteiger partial charge on any atom is 0.0267 e. The minimum absolute atomic E-state index is 0.545. The summed E-state index contributed by atoms with van der Waals surface area (Å²) < 4.78 is 0. The quantitative estimate of drug-likeness (QED) is 0.581. The average Bonchev–Trinajstić information content (AvgIpc) is 2.22. The Bertz CT molecular complexity index is 285. The lowest BCUT2D eigenvalue weighted by atomic mass is 9.43. The van der Waals surface area contributed by atoms with Crippen molar-refractivity contribution in [2.75, 3.05) is 0 Å². The second-order valence-electron chi connectivity index (χ2n) is 7.64. The SMILES string of the molecule is CCCC(NN)C12CC3CC(CC(C)(C3)C1)C2. The highest BCUT2D eigenvalue weighted by atomic mass is 15.2. The molecule has 98 valence electrons. The fraction of sp³-hybridized carbons (Fsp3) is 1.00. The van der Waals surface area contributed by atoms with E-state index in [1.165, 1.54) is 51.4 Å². The molecular weight excluding hydrogens is 208 g/mol. The van der Waals surface area contributed by atoms with E-state index >= 15 is 0 Å². The molecule has 0 aliphatic heterocycles. The summed E-state index contributed by atoms with van der Waals surface area (Å²) in [5.74, 6) is 7.89. The summed E-state index contributed by atoms with van der Waals surface area (Å²) in [5.41, 5.74) is 4.37. The third-order valence-electron chi connectivity index (χ3n) is 5.92. The van der Waals surface area contributed by atoms with Gasteiger partial charge in [-0.25, -0.2) is 0 Å². The Balaban J connectivity index is 1.87. The summed E-state index contributed by atoms with van der Waals surface area (Å²) >= 11 is 0. The van der Waals surface area contributed by atoms with Gasteiger partial charge in [-0.1, -0.05) is 20.3 Å². The van der Waals surface area contributed by atoms with Gasteiger partial charge >= 0.3 is 0 Å². The highest BCUT2D eigenvalue weighted by Crippen LogP contribution is 2.66. The standard InChI is InChI=1S/C15H28N2/c1-3-4-13(17-16)15-8-11-5-12(9-15)7-14(2,6-11)10-15/h11-13,17H,3-10,16H2,1-2H3. The van der Waals surface area contributed by atoms with Crippen LogP contribution in [0.1, 0.15) is 65.2 Å². The molecule has 2 nitrogen and oxygen atoms in total. The van der Waals surface area contributed by atoms with Crippen molar-refractivity contribution >= 4 is 0 Å². The summed E-state index contributed by atoms with van der Waals surface area (Å²) in [6.07, 6.45) is 11.3. The zero-order valence-electron chi connectivity index (χ0n) is 11.5. The lowest BCUT2D eigenvalue weighted by molar-refractivity contribution is -0.119. The molecule has 0 aromatic heterocycles.